The number of rotatable bonds is 6. The quantitative estimate of drug-likeness (QED) is 0.500. The molecule has 1 saturated heterocycles. The highest BCUT2D eigenvalue weighted by atomic mass is 35.5. The number of thiophene rings is 1. The molecule has 1 aliphatic heterocycles. The van der Waals surface area contributed by atoms with Gasteiger partial charge in [-0.3, -0.25) is 14.6 Å². The number of benzene rings is 1. The maximum atomic E-state index is 13.2. The largest absolute Gasteiger partial charge is 0.379 e. The average Bonchev–Trinajstić information content (AvgIpc) is 3.33. The third-order valence-corrected chi connectivity index (χ3v) is 7.09. The van der Waals surface area contributed by atoms with Gasteiger partial charge in [0.2, 0.25) is 0 Å². The van der Waals surface area contributed by atoms with Crippen molar-refractivity contribution in [2.45, 2.75) is 13.3 Å². The molecule has 9 heteroatoms. The summed E-state index contributed by atoms with van der Waals surface area (Å²) in [6.45, 7) is 7.10. The van der Waals surface area contributed by atoms with Gasteiger partial charge in [0.05, 0.1) is 32.6 Å². The third kappa shape index (κ3) is 5.29. The van der Waals surface area contributed by atoms with Crippen molar-refractivity contribution < 1.29 is 9.53 Å². The molecule has 0 aliphatic carbocycles. The Balaban J connectivity index is 0.00000240. The van der Waals surface area contributed by atoms with Crippen molar-refractivity contribution in [3.05, 3.63) is 45.1 Å². The fraction of sp³-hybridized carbons (Fsp3) is 0.400. The number of anilines is 1. The second-order valence-corrected chi connectivity index (χ2v) is 9.51. The van der Waals surface area contributed by atoms with Crippen LogP contribution in [0.2, 0.25) is 4.34 Å². The number of carbonyl (C=O) groups is 1. The van der Waals surface area contributed by atoms with Crippen molar-refractivity contribution >= 4 is 67.9 Å². The van der Waals surface area contributed by atoms with Crippen LogP contribution in [0.3, 0.4) is 0 Å². The summed E-state index contributed by atoms with van der Waals surface area (Å²) in [5.74, 6) is -0.0319. The van der Waals surface area contributed by atoms with Crippen molar-refractivity contribution in [1.29, 1.82) is 0 Å². The Morgan fingerprint density at radius 2 is 2.03 bits per heavy atom. The van der Waals surface area contributed by atoms with E-state index in [9.17, 15) is 4.79 Å². The number of aromatic nitrogens is 1. The molecular formula is C20H23Cl2N3O2S2. The van der Waals surface area contributed by atoms with Gasteiger partial charge in [-0.15, -0.1) is 23.7 Å². The summed E-state index contributed by atoms with van der Waals surface area (Å²) in [4.78, 5) is 22.8. The molecule has 0 spiro atoms. The number of morpholine rings is 1. The monoisotopic (exact) mass is 471 g/mol. The lowest BCUT2D eigenvalue weighted by molar-refractivity contribution is 0.0376. The van der Waals surface area contributed by atoms with Crippen LogP contribution in [0.15, 0.2) is 30.3 Å². The predicted molar refractivity (Wildman–Crippen MR) is 124 cm³/mol. The van der Waals surface area contributed by atoms with E-state index in [1.165, 1.54) is 11.3 Å². The topological polar surface area (TPSA) is 45.7 Å². The van der Waals surface area contributed by atoms with Gasteiger partial charge in [0.1, 0.15) is 0 Å². The minimum atomic E-state index is -0.0319. The Labute approximate surface area is 189 Å². The molecule has 0 saturated carbocycles. The molecular weight excluding hydrogens is 449 g/mol. The van der Waals surface area contributed by atoms with E-state index in [1.54, 1.807) is 23.5 Å². The summed E-state index contributed by atoms with van der Waals surface area (Å²) in [5.41, 5.74) is 2.09. The van der Waals surface area contributed by atoms with Crippen LogP contribution < -0.4 is 4.90 Å². The van der Waals surface area contributed by atoms with Crippen LogP contribution in [0.1, 0.15) is 21.7 Å². The number of thiazole rings is 1. The molecule has 2 aromatic heterocycles. The van der Waals surface area contributed by atoms with Gasteiger partial charge in [0.15, 0.2) is 5.13 Å². The molecule has 0 unspecified atom stereocenters. The van der Waals surface area contributed by atoms with Crippen LogP contribution in [0, 0.1) is 6.92 Å². The van der Waals surface area contributed by atoms with Gasteiger partial charge >= 0.3 is 0 Å². The molecule has 1 amide bonds. The second kappa shape index (κ2) is 10.2. The lowest BCUT2D eigenvalue weighted by Crippen LogP contribution is -2.39. The third-order valence-electron chi connectivity index (χ3n) is 4.83. The van der Waals surface area contributed by atoms with Gasteiger partial charge < -0.3 is 4.74 Å². The zero-order valence-electron chi connectivity index (χ0n) is 16.1. The summed E-state index contributed by atoms with van der Waals surface area (Å²) in [6.07, 6.45) is 0.889. The highest BCUT2D eigenvalue weighted by molar-refractivity contribution is 7.22. The molecule has 0 N–H and O–H groups in total. The molecule has 1 fully saturated rings. The Kier molecular flexibility index (Phi) is 7.90. The smallest absolute Gasteiger partial charge is 0.270 e. The first-order chi connectivity index (χ1) is 13.6. The molecule has 3 heterocycles. The number of nitrogens with zero attached hydrogens (tertiary/aromatic N) is 3. The number of aryl methyl sites for hydroxylation is 1. The van der Waals surface area contributed by atoms with Crippen molar-refractivity contribution in [1.82, 2.24) is 9.88 Å². The van der Waals surface area contributed by atoms with E-state index in [0.29, 0.717) is 15.8 Å². The van der Waals surface area contributed by atoms with E-state index in [-0.39, 0.29) is 18.3 Å². The minimum absolute atomic E-state index is 0. The van der Waals surface area contributed by atoms with Crippen molar-refractivity contribution in [2.75, 3.05) is 44.3 Å². The lowest BCUT2D eigenvalue weighted by atomic mass is 10.2. The molecule has 156 valence electrons. The van der Waals surface area contributed by atoms with Crippen LogP contribution in [0.25, 0.3) is 10.2 Å². The number of hydrogen-bond donors (Lipinski definition) is 0. The molecule has 5 nitrogen and oxygen atoms in total. The van der Waals surface area contributed by atoms with Gasteiger partial charge in [-0.1, -0.05) is 35.1 Å². The van der Waals surface area contributed by atoms with Crippen molar-refractivity contribution in [3.63, 3.8) is 0 Å². The Morgan fingerprint density at radius 1 is 1.24 bits per heavy atom. The van der Waals surface area contributed by atoms with Gasteiger partial charge in [-0.2, -0.15) is 0 Å². The first-order valence-corrected chi connectivity index (χ1v) is 11.4. The van der Waals surface area contributed by atoms with Crippen LogP contribution in [0.4, 0.5) is 5.13 Å². The highest BCUT2D eigenvalue weighted by Gasteiger charge is 2.23. The summed E-state index contributed by atoms with van der Waals surface area (Å²) in [7, 11) is 0. The van der Waals surface area contributed by atoms with Crippen molar-refractivity contribution in [2.24, 2.45) is 0 Å². The predicted octanol–water partition coefficient (Wildman–Crippen LogP) is 5.11. The van der Waals surface area contributed by atoms with Crippen LogP contribution >= 0.6 is 46.7 Å². The average molecular weight is 472 g/mol. The van der Waals surface area contributed by atoms with Crippen LogP contribution in [-0.4, -0.2) is 55.2 Å². The fourth-order valence-corrected chi connectivity index (χ4v) is 5.37. The second-order valence-electron chi connectivity index (χ2n) is 6.79. The highest BCUT2D eigenvalue weighted by Crippen LogP contribution is 2.32. The zero-order valence-corrected chi connectivity index (χ0v) is 19.3. The summed E-state index contributed by atoms with van der Waals surface area (Å²) >= 11 is 8.94. The molecule has 1 aromatic carbocycles. The number of halogens is 2. The maximum absolute atomic E-state index is 13.2. The summed E-state index contributed by atoms with van der Waals surface area (Å²) in [6, 6.07) is 9.71. The Hall–Kier alpha value is -1.22. The lowest BCUT2D eigenvalue weighted by Gasteiger charge is -2.27. The minimum Gasteiger partial charge on any atom is -0.379 e. The van der Waals surface area contributed by atoms with E-state index < -0.39 is 0 Å². The number of ether oxygens (including phenoxy) is 1. The molecule has 3 aromatic rings. The van der Waals surface area contributed by atoms with Gasteiger partial charge in [0, 0.05) is 26.2 Å². The Bertz CT molecular complexity index is 970. The number of carbonyl (C=O) groups excluding carboxylic acids is 1. The zero-order chi connectivity index (χ0) is 19.5. The SMILES string of the molecule is Cc1cccc2sc(N(CCCN3CCOCC3)C(=O)c3ccc(Cl)s3)nc12.Cl. The fourth-order valence-electron chi connectivity index (χ4n) is 3.31. The Morgan fingerprint density at radius 3 is 2.72 bits per heavy atom. The van der Waals surface area contributed by atoms with E-state index in [2.05, 4.69) is 24.0 Å². The van der Waals surface area contributed by atoms with Gasteiger partial charge in [0.25, 0.3) is 5.91 Å². The molecule has 4 rings (SSSR count). The summed E-state index contributed by atoms with van der Waals surface area (Å²) in [5, 5.41) is 0.751. The number of hydrogen-bond acceptors (Lipinski definition) is 6. The number of para-hydroxylation sites is 1. The van der Waals surface area contributed by atoms with Gasteiger partial charge in [-0.05, 0) is 37.1 Å². The summed E-state index contributed by atoms with van der Waals surface area (Å²) < 4.78 is 7.14. The van der Waals surface area contributed by atoms with E-state index in [1.807, 2.05) is 11.0 Å². The van der Waals surface area contributed by atoms with E-state index >= 15 is 0 Å². The van der Waals surface area contributed by atoms with Crippen molar-refractivity contribution in [3.8, 4) is 0 Å². The number of fused-ring (bicyclic) bond motifs is 1. The maximum Gasteiger partial charge on any atom is 0.270 e. The molecule has 0 atom stereocenters. The molecule has 1 aliphatic rings. The number of amides is 1. The van der Waals surface area contributed by atoms with Crippen LogP contribution in [0.5, 0.6) is 0 Å². The normalized spacial score (nSPS) is 14.7. The van der Waals surface area contributed by atoms with E-state index in [0.717, 1.165) is 60.2 Å². The van der Waals surface area contributed by atoms with Crippen LogP contribution in [-0.2, 0) is 4.74 Å². The molecule has 0 radical (unpaired) electrons. The molecule has 0 bridgehead atoms. The molecule has 29 heavy (non-hydrogen) atoms. The van der Waals surface area contributed by atoms with E-state index in [4.69, 9.17) is 21.3 Å². The first kappa shape index (κ1) is 22.5. The standard InChI is InChI=1S/C20H22ClN3O2S2.ClH/c1-14-4-2-5-15-18(14)22-20(28-15)24(19(25)16-6-7-17(21)27-16)9-3-8-23-10-12-26-13-11-23;/h2,4-7H,3,8-13H2,1H3;1H. The first-order valence-electron chi connectivity index (χ1n) is 9.35. The van der Waals surface area contributed by atoms with Gasteiger partial charge in [-0.25, -0.2) is 4.98 Å².